The van der Waals surface area contributed by atoms with Gasteiger partial charge in [-0.2, -0.15) is 0 Å². The lowest BCUT2D eigenvalue weighted by Crippen LogP contribution is -2.12. The lowest BCUT2D eigenvalue weighted by Gasteiger charge is -2.02. The summed E-state index contributed by atoms with van der Waals surface area (Å²) in [6.45, 7) is 0.119. The molecular weight excluding hydrogens is 170 g/mol. The van der Waals surface area contributed by atoms with E-state index in [1.165, 1.54) is 0 Å². The summed E-state index contributed by atoms with van der Waals surface area (Å²) in [6.07, 6.45) is -0.797. The second-order valence-corrected chi connectivity index (χ2v) is 2.59. The van der Waals surface area contributed by atoms with E-state index in [1.54, 1.807) is 24.3 Å². The summed E-state index contributed by atoms with van der Waals surface area (Å²) in [4.78, 5) is 10.3. The summed E-state index contributed by atoms with van der Waals surface area (Å²) in [5, 5.41) is 8.81. The molecule has 3 N–H and O–H groups in total. The minimum Gasteiger partial charge on any atom is -0.445 e. The van der Waals surface area contributed by atoms with Gasteiger partial charge >= 0.3 is 6.09 Å². The maximum absolute atomic E-state index is 10.3. The molecule has 0 bridgehead atoms. The number of hydrogen-bond acceptors (Lipinski definition) is 3. The van der Waals surface area contributed by atoms with Gasteiger partial charge in [0.15, 0.2) is 0 Å². The molecule has 0 radical (unpaired) electrons. The molecule has 0 saturated carbocycles. The van der Waals surface area contributed by atoms with Gasteiger partial charge in [-0.1, -0.05) is 24.3 Å². The Morgan fingerprint density at radius 3 is 2.77 bits per heavy atom. The molecule has 4 nitrogen and oxygen atoms in total. The van der Waals surface area contributed by atoms with Crippen LogP contribution in [0.3, 0.4) is 0 Å². The molecule has 1 aromatic carbocycles. The molecule has 1 rings (SSSR count). The van der Waals surface area contributed by atoms with E-state index in [9.17, 15) is 4.79 Å². The van der Waals surface area contributed by atoms with Gasteiger partial charge in [0.05, 0.1) is 6.61 Å². The largest absolute Gasteiger partial charge is 0.445 e. The third kappa shape index (κ3) is 3.13. The van der Waals surface area contributed by atoms with E-state index < -0.39 is 6.09 Å². The molecule has 70 valence electrons. The molecule has 0 aliphatic heterocycles. The van der Waals surface area contributed by atoms with Crippen LogP contribution in [0, 0.1) is 0 Å². The quantitative estimate of drug-likeness (QED) is 0.723. The van der Waals surface area contributed by atoms with Crippen molar-refractivity contribution in [3.63, 3.8) is 0 Å². The fourth-order valence-corrected chi connectivity index (χ4v) is 0.972. The highest BCUT2D eigenvalue weighted by molar-refractivity contribution is 5.64. The van der Waals surface area contributed by atoms with Crippen molar-refractivity contribution in [2.75, 3.05) is 0 Å². The maximum atomic E-state index is 10.3. The summed E-state index contributed by atoms with van der Waals surface area (Å²) in [6, 6.07) is 7.12. The number of aliphatic hydroxyl groups excluding tert-OH is 1. The summed E-state index contributed by atoms with van der Waals surface area (Å²) >= 11 is 0. The minimum absolute atomic E-state index is 0.0234. The van der Waals surface area contributed by atoms with E-state index in [0.717, 1.165) is 11.1 Å². The Labute approximate surface area is 75.9 Å². The van der Waals surface area contributed by atoms with E-state index in [-0.39, 0.29) is 13.2 Å². The van der Waals surface area contributed by atoms with Gasteiger partial charge in [-0.15, -0.1) is 0 Å². The monoisotopic (exact) mass is 181 g/mol. The molecule has 0 saturated heterocycles. The first-order chi connectivity index (χ1) is 6.22. The predicted molar refractivity (Wildman–Crippen MR) is 46.7 cm³/mol. The van der Waals surface area contributed by atoms with Crippen molar-refractivity contribution in [2.24, 2.45) is 5.73 Å². The Hall–Kier alpha value is -1.55. The van der Waals surface area contributed by atoms with Crippen LogP contribution >= 0.6 is 0 Å². The van der Waals surface area contributed by atoms with Crippen molar-refractivity contribution in [3.05, 3.63) is 35.4 Å². The SMILES string of the molecule is NC(=O)OCc1cccc(CO)c1. The summed E-state index contributed by atoms with van der Waals surface area (Å²) in [5.41, 5.74) is 6.39. The highest BCUT2D eigenvalue weighted by Crippen LogP contribution is 2.06. The Bertz CT molecular complexity index is 299. The third-order valence-electron chi connectivity index (χ3n) is 1.56. The lowest BCUT2D eigenvalue weighted by molar-refractivity contribution is 0.150. The van der Waals surface area contributed by atoms with Gasteiger partial charge in [0.1, 0.15) is 6.61 Å². The standard InChI is InChI=1S/C9H11NO3/c10-9(12)13-6-8-3-1-2-7(4-8)5-11/h1-4,11H,5-6H2,(H2,10,12). The minimum atomic E-state index is -0.797. The summed E-state index contributed by atoms with van der Waals surface area (Å²) in [7, 11) is 0. The first-order valence-electron chi connectivity index (χ1n) is 3.83. The third-order valence-corrected chi connectivity index (χ3v) is 1.56. The topological polar surface area (TPSA) is 72.6 Å². The number of carbonyl (C=O) groups excluding carboxylic acids is 1. The number of benzene rings is 1. The summed E-state index contributed by atoms with van der Waals surface area (Å²) < 4.78 is 4.58. The zero-order chi connectivity index (χ0) is 9.68. The van der Waals surface area contributed by atoms with Crippen LogP contribution in [0.1, 0.15) is 11.1 Å². The first kappa shape index (κ1) is 9.54. The van der Waals surface area contributed by atoms with Crippen LogP contribution < -0.4 is 5.73 Å². The number of rotatable bonds is 3. The molecular formula is C9H11NO3. The molecule has 4 heteroatoms. The number of carbonyl (C=O) groups is 1. The van der Waals surface area contributed by atoms with Crippen molar-refractivity contribution < 1.29 is 14.6 Å². The van der Waals surface area contributed by atoms with Crippen LogP contribution in [-0.4, -0.2) is 11.2 Å². The van der Waals surface area contributed by atoms with Gasteiger partial charge in [0.25, 0.3) is 0 Å². The number of ether oxygens (including phenoxy) is 1. The Balaban J connectivity index is 2.61. The Morgan fingerprint density at radius 2 is 2.15 bits per heavy atom. The lowest BCUT2D eigenvalue weighted by atomic mass is 10.1. The van der Waals surface area contributed by atoms with E-state index in [1.807, 2.05) is 0 Å². The van der Waals surface area contributed by atoms with E-state index >= 15 is 0 Å². The van der Waals surface area contributed by atoms with Crippen molar-refractivity contribution in [2.45, 2.75) is 13.2 Å². The van der Waals surface area contributed by atoms with Gasteiger partial charge in [-0.05, 0) is 11.1 Å². The smallest absolute Gasteiger partial charge is 0.404 e. The second-order valence-electron chi connectivity index (χ2n) is 2.59. The average molecular weight is 181 g/mol. The molecule has 0 aliphatic carbocycles. The molecule has 1 aromatic rings. The molecule has 1 amide bonds. The Morgan fingerprint density at radius 1 is 1.46 bits per heavy atom. The van der Waals surface area contributed by atoms with Crippen molar-refractivity contribution in [1.82, 2.24) is 0 Å². The number of aliphatic hydroxyl groups is 1. The molecule has 0 spiro atoms. The fourth-order valence-electron chi connectivity index (χ4n) is 0.972. The number of hydrogen-bond donors (Lipinski definition) is 2. The average Bonchev–Trinajstić information content (AvgIpc) is 2.15. The highest BCUT2D eigenvalue weighted by Gasteiger charge is 1.97. The van der Waals surface area contributed by atoms with Crippen LogP contribution in [0.5, 0.6) is 0 Å². The van der Waals surface area contributed by atoms with Gasteiger partial charge in [-0.25, -0.2) is 4.79 Å². The van der Waals surface area contributed by atoms with Gasteiger partial charge in [0, 0.05) is 0 Å². The normalized spacial score (nSPS) is 9.62. The number of nitrogens with two attached hydrogens (primary N) is 1. The first-order valence-corrected chi connectivity index (χ1v) is 3.83. The van der Waals surface area contributed by atoms with Gasteiger partial charge < -0.3 is 15.6 Å². The number of primary amides is 1. The van der Waals surface area contributed by atoms with E-state index in [2.05, 4.69) is 4.74 Å². The molecule has 0 aliphatic rings. The van der Waals surface area contributed by atoms with Crippen LogP contribution in [0.4, 0.5) is 4.79 Å². The molecule has 0 fully saturated rings. The molecule has 13 heavy (non-hydrogen) atoms. The highest BCUT2D eigenvalue weighted by atomic mass is 16.5. The zero-order valence-electron chi connectivity index (χ0n) is 7.06. The van der Waals surface area contributed by atoms with Crippen LogP contribution in [0.2, 0.25) is 0 Å². The summed E-state index contributed by atoms with van der Waals surface area (Å²) in [5.74, 6) is 0. The van der Waals surface area contributed by atoms with Crippen LogP contribution in [-0.2, 0) is 18.0 Å². The van der Waals surface area contributed by atoms with Gasteiger partial charge in [0.2, 0.25) is 0 Å². The van der Waals surface area contributed by atoms with E-state index in [0.29, 0.717) is 0 Å². The fraction of sp³-hybridized carbons (Fsp3) is 0.222. The van der Waals surface area contributed by atoms with Crippen molar-refractivity contribution in [3.8, 4) is 0 Å². The predicted octanol–water partition coefficient (Wildman–Crippen LogP) is 0.774. The van der Waals surface area contributed by atoms with Crippen molar-refractivity contribution in [1.29, 1.82) is 0 Å². The van der Waals surface area contributed by atoms with Crippen LogP contribution in [0.25, 0.3) is 0 Å². The Kier molecular flexibility index (Phi) is 3.28. The maximum Gasteiger partial charge on any atom is 0.404 e. The van der Waals surface area contributed by atoms with E-state index in [4.69, 9.17) is 10.8 Å². The molecule has 0 heterocycles. The van der Waals surface area contributed by atoms with Gasteiger partial charge in [-0.3, -0.25) is 0 Å². The number of amides is 1. The molecule has 0 aromatic heterocycles. The zero-order valence-corrected chi connectivity index (χ0v) is 7.06. The molecule has 0 atom stereocenters. The van der Waals surface area contributed by atoms with Crippen molar-refractivity contribution >= 4 is 6.09 Å². The second kappa shape index (κ2) is 4.47. The molecule has 0 unspecified atom stereocenters. The van der Waals surface area contributed by atoms with Crippen LogP contribution in [0.15, 0.2) is 24.3 Å².